The van der Waals surface area contributed by atoms with Crippen LogP contribution < -0.4 is 16.4 Å². The summed E-state index contributed by atoms with van der Waals surface area (Å²) >= 11 is 0. The minimum atomic E-state index is -0.649. The molecule has 1 saturated heterocycles. The lowest BCUT2D eigenvalue weighted by Crippen LogP contribution is -2.45. The van der Waals surface area contributed by atoms with Gasteiger partial charge in [0, 0.05) is 50.5 Å². The Labute approximate surface area is 229 Å². The van der Waals surface area contributed by atoms with Crippen molar-refractivity contribution in [2.24, 2.45) is 5.41 Å². The van der Waals surface area contributed by atoms with Crippen LogP contribution in [0.15, 0.2) is 36.7 Å². The van der Waals surface area contributed by atoms with E-state index in [4.69, 9.17) is 5.73 Å². The number of nitrogen functional groups attached to an aromatic ring is 1. The number of aromatic nitrogens is 3. The van der Waals surface area contributed by atoms with Crippen molar-refractivity contribution in [1.82, 2.24) is 24.8 Å². The third-order valence-electron chi connectivity index (χ3n) is 7.86. The minimum absolute atomic E-state index is 0.0101. The maximum Gasteiger partial charge on any atom is 0.229 e. The molecule has 1 aliphatic carbocycles. The Hall–Kier alpha value is -3.37. The fourth-order valence-corrected chi connectivity index (χ4v) is 5.51. The van der Waals surface area contributed by atoms with Crippen molar-refractivity contribution in [3.05, 3.63) is 53.9 Å². The molecular formula is C29H38F2N8. The molecule has 2 aliphatic rings. The Balaban J connectivity index is 1.29. The predicted octanol–water partition coefficient (Wildman–Crippen LogP) is 5.27. The molecule has 1 atom stereocenters. The zero-order valence-corrected chi connectivity index (χ0v) is 23.0. The van der Waals surface area contributed by atoms with Crippen molar-refractivity contribution in [3.63, 3.8) is 0 Å². The van der Waals surface area contributed by atoms with Crippen LogP contribution in [-0.2, 0) is 6.54 Å². The van der Waals surface area contributed by atoms with Gasteiger partial charge in [0.05, 0.1) is 17.6 Å². The van der Waals surface area contributed by atoms with Crippen molar-refractivity contribution in [2.75, 3.05) is 49.1 Å². The van der Waals surface area contributed by atoms with Gasteiger partial charge in [0.15, 0.2) is 5.82 Å². The summed E-state index contributed by atoms with van der Waals surface area (Å²) < 4.78 is 29.6. The molecular weight excluding hydrogens is 498 g/mol. The molecule has 2 aromatic heterocycles. The number of benzene rings is 1. The van der Waals surface area contributed by atoms with Crippen molar-refractivity contribution in [2.45, 2.75) is 52.6 Å². The third kappa shape index (κ3) is 6.62. The van der Waals surface area contributed by atoms with Crippen LogP contribution in [-0.4, -0.2) is 63.5 Å². The molecule has 0 bridgehead atoms. The number of nitrogens with two attached hydrogens (primary N) is 1. The SMILES string of the molecule is CCN1CCN(Cc2ccc(Nc3ncc(F)c(-c4cc(F)c(N)c(NC5CCC(C)(C)C5)c4)n3)nc2)CC1. The highest BCUT2D eigenvalue weighted by atomic mass is 19.1. The van der Waals surface area contributed by atoms with Crippen molar-refractivity contribution < 1.29 is 8.78 Å². The van der Waals surface area contributed by atoms with Gasteiger partial charge in [-0.15, -0.1) is 0 Å². The third-order valence-corrected chi connectivity index (χ3v) is 7.86. The van der Waals surface area contributed by atoms with Gasteiger partial charge in [-0.1, -0.05) is 26.8 Å². The van der Waals surface area contributed by atoms with Gasteiger partial charge in [-0.3, -0.25) is 4.90 Å². The molecule has 1 unspecified atom stereocenters. The summed E-state index contributed by atoms with van der Waals surface area (Å²) in [6.45, 7) is 12.8. The van der Waals surface area contributed by atoms with Crippen molar-refractivity contribution >= 4 is 23.1 Å². The highest BCUT2D eigenvalue weighted by Crippen LogP contribution is 2.40. The Kier molecular flexibility index (Phi) is 7.95. The number of hydrogen-bond acceptors (Lipinski definition) is 8. The van der Waals surface area contributed by atoms with Crippen LogP contribution in [0.5, 0.6) is 0 Å². The monoisotopic (exact) mass is 536 g/mol. The smallest absolute Gasteiger partial charge is 0.229 e. The zero-order chi connectivity index (χ0) is 27.6. The number of piperazine rings is 1. The standard InChI is InChI=1S/C29H38F2N8/c1-4-38-9-11-39(12-10-38)18-19-5-6-25(33-16-19)36-28-34-17-23(31)27(37-28)20-13-22(30)26(32)24(14-20)35-21-7-8-29(2,3)15-21/h5-6,13-14,16-17,21,35H,4,7-12,15,18,32H2,1-3H3,(H,33,34,36,37). The largest absolute Gasteiger partial charge is 0.395 e. The first-order valence-corrected chi connectivity index (χ1v) is 13.7. The number of halogens is 2. The van der Waals surface area contributed by atoms with Gasteiger partial charge in [-0.05, 0) is 55.0 Å². The van der Waals surface area contributed by atoms with Crippen LogP contribution in [0.4, 0.5) is 31.9 Å². The normalized spacial score (nSPS) is 19.8. The second-order valence-corrected chi connectivity index (χ2v) is 11.4. The molecule has 1 aromatic carbocycles. The van der Waals surface area contributed by atoms with E-state index in [1.165, 1.54) is 6.07 Å². The molecule has 208 valence electrons. The summed E-state index contributed by atoms with van der Waals surface area (Å²) in [5, 5.41) is 6.41. The zero-order valence-electron chi connectivity index (χ0n) is 23.0. The molecule has 4 N–H and O–H groups in total. The van der Waals surface area contributed by atoms with Crippen LogP contribution in [0.1, 0.15) is 45.6 Å². The van der Waals surface area contributed by atoms with Gasteiger partial charge in [0.1, 0.15) is 17.3 Å². The number of hydrogen-bond donors (Lipinski definition) is 3. The predicted molar refractivity (Wildman–Crippen MR) is 152 cm³/mol. The van der Waals surface area contributed by atoms with E-state index in [1.807, 2.05) is 18.3 Å². The highest BCUT2D eigenvalue weighted by Gasteiger charge is 2.31. The molecule has 0 radical (unpaired) electrons. The molecule has 8 nitrogen and oxygen atoms in total. The molecule has 10 heteroatoms. The fraction of sp³-hybridized carbons (Fsp3) is 0.483. The molecule has 5 rings (SSSR count). The highest BCUT2D eigenvalue weighted by molar-refractivity contribution is 5.76. The lowest BCUT2D eigenvalue weighted by Gasteiger charge is -2.33. The van der Waals surface area contributed by atoms with E-state index < -0.39 is 11.6 Å². The lowest BCUT2D eigenvalue weighted by atomic mass is 9.92. The second-order valence-electron chi connectivity index (χ2n) is 11.4. The summed E-state index contributed by atoms with van der Waals surface area (Å²) in [7, 11) is 0. The number of anilines is 4. The van der Waals surface area contributed by atoms with E-state index in [9.17, 15) is 8.78 Å². The van der Waals surface area contributed by atoms with Gasteiger partial charge >= 0.3 is 0 Å². The Bertz CT molecular complexity index is 1290. The molecule has 39 heavy (non-hydrogen) atoms. The van der Waals surface area contributed by atoms with E-state index >= 15 is 0 Å². The maximum atomic E-state index is 14.8. The Morgan fingerprint density at radius 3 is 2.46 bits per heavy atom. The van der Waals surface area contributed by atoms with E-state index in [0.29, 0.717) is 11.5 Å². The van der Waals surface area contributed by atoms with Crippen LogP contribution in [0.2, 0.25) is 0 Å². The topological polar surface area (TPSA) is 95.2 Å². The summed E-state index contributed by atoms with van der Waals surface area (Å²) in [6.07, 6.45) is 5.91. The number of nitrogens with zero attached hydrogens (tertiary/aromatic N) is 5. The van der Waals surface area contributed by atoms with Gasteiger partial charge in [0.2, 0.25) is 5.95 Å². The molecule has 0 amide bonds. The van der Waals surface area contributed by atoms with E-state index in [0.717, 1.165) is 70.3 Å². The van der Waals surface area contributed by atoms with Crippen LogP contribution in [0, 0.1) is 17.0 Å². The summed E-state index contributed by atoms with van der Waals surface area (Å²) in [4.78, 5) is 17.8. The number of nitrogens with one attached hydrogen (secondary N) is 2. The number of pyridine rings is 1. The van der Waals surface area contributed by atoms with Crippen LogP contribution in [0.3, 0.4) is 0 Å². The quantitative estimate of drug-likeness (QED) is 0.335. The van der Waals surface area contributed by atoms with Crippen molar-refractivity contribution in [1.29, 1.82) is 0 Å². The van der Waals surface area contributed by atoms with E-state index in [2.05, 4.69) is 56.2 Å². The second kappa shape index (κ2) is 11.4. The number of rotatable bonds is 8. The first-order chi connectivity index (χ1) is 18.7. The fourth-order valence-electron chi connectivity index (χ4n) is 5.51. The van der Waals surface area contributed by atoms with Gasteiger partial charge in [-0.2, -0.15) is 0 Å². The number of likely N-dealkylation sites (N-methyl/N-ethyl adjacent to an activating group) is 1. The van der Waals surface area contributed by atoms with Crippen molar-refractivity contribution in [3.8, 4) is 11.3 Å². The Morgan fingerprint density at radius 1 is 1.03 bits per heavy atom. The Morgan fingerprint density at radius 2 is 1.79 bits per heavy atom. The van der Waals surface area contributed by atoms with E-state index in [1.54, 1.807) is 6.07 Å². The average molecular weight is 537 g/mol. The summed E-state index contributed by atoms with van der Waals surface area (Å²) in [5.74, 6) is -0.550. The molecule has 0 spiro atoms. The molecule has 3 heterocycles. The van der Waals surface area contributed by atoms with Crippen LogP contribution in [0.25, 0.3) is 11.3 Å². The summed E-state index contributed by atoms with van der Waals surface area (Å²) in [5.41, 5.74) is 8.13. The van der Waals surface area contributed by atoms with Gasteiger partial charge in [0.25, 0.3) is 0 Å². The molecule has 3 aromatic rings. The minimum Gasteiger partial charge on any atom is -0.395 e. The summed E-state index contributed by atoms with van der Waals surface area (Å²) in [6, 6.07) is 6.93. The first-order valence-electron chi connectivity index (χ1n) is 13.7. The van der Waals surface area contributed by atoms with E-state index in [-0.39, 0.29) is 34.3 Å². The average Bonchev–Trinajstić information content (AvgIpc) is 3.27. The lowest BCUT2D eigenvalue weighted by molar-refractivity contribution is 0.132. The first kappa shape index (κ1) is 27.2. The maximum absolute atomic E-state index is 14.8. The van der Waals surface area contributed by atoms with Gasteiger partial charge < -0.3 is 21.3 Å². The molecule has 1 saturated carbocycles. The van der Waals surface area contributed by atoms with Crippen LogP contribution >= 0.6 is 0 Å². The molecule has 2 fully saturated rings. The molecule has 1 aliphatic heterocycles. The van der Waals surface area contributed by atoms with Gasteiger partial charge in [-0.25, -0.2) is 23.7 Å².